The molecule has 0 saturated carbocycles. The molecule has 2 aromatic rings. The first-order valence-corrected chi connectivity index (χ1v) is 5.12. The van der Waals surface area contributed by atoms with E-state index >= 15 is 0 Å². The van der Waals surface area contributed by atoms with Crippen molar-refractivity contribution in [3.05, 3.63) is 28.3 Å². The second kappa shape index (κ2) is 3.22. The summed E-state index contributed by atoms with van der Waals surface area (Å²) in [4.78, 5) is 21.4. The summed E-state index contributed by atoms with van der Waals surface area (Å²) >= 11 is 0. The number of aromatic nitrogens is 3. The summed E-state index contributed by atoms with van der Waals surface area (Å²) < 4.78 is 0. The summed E-state index contributed by atoms with van der Waals surface area (Å²) in [5, 5.41) is 0. The number of H-pyrrole nitrogens is 2. The number of imidazole rings is 1. The van der Waals surface area contributed by atoms with E-state index in [9.17, 15) is 4.79 Å². The lowest BCUT2D eigenvalue weighted by atomic mass is 9.90. The number of hydrogen-bond donors (Lipinski definition) is 2. The van der Waals surface area contributed by atoms with E-state index in [-0.39, 0.29) is 13.8 Å². The molecule has 4 heteroatoms. The molecule has 84 valence electrons. The molecule has 0 spiro atoms. The average Bonchev–Trinajstić information content (AvgIpc) is 2.61. The van der Waals surface area contributed by atoms with Gasteiger partial charge in [0.25, 0.3) is 0 Å². The van der Waals surface area contributed by atoms with E-state index in [4.69, 9.17) is 0 Å². The number of hydrogen-bond acceptors (Lipinski definition) is 2. The van der Waals surface area contributed by atoms with E-state index in [0.717, 1.165) is 17.8 Å². The van der Waals surface area contributed by atoms with Crippen LogP contribution in [-0.4, -0.2) is 15.0 Å². The smallest absolute Gasteiger partial charge is 0.249 e. The Kier molecular flexibility index (Phi) is 2.14. The van der Waals surface area contributed by atoms with Crippen molar-refractivity contribution < 1.29 is 2.85 Å². The van der Waals surface area contributed by atoms with Crippen molar-refractivity contribution in [2.45, 2.75) is 32.6 Å². The van der Waals surface area contributed by atoms with Crippen molar-refractivity contribution in [2.75, 3.05) is 0 Å². The van der Waals surface area contributed by atoms with Crippen LogP contribution in [0, 0.1) is 0 Å². The quantitative estimate of drug-likeness (QED) is 0.798. The predicted octanol–water partition coefficient (Wildman–Crippen LogP) is 2.43. The lowest BCUT2D eigenvalue weighted by Crippen LogP contribution is -2.17. The molecular weight excluding hydrogens is 190 g/mol. The van der Waals surface area contributed by atoms with Crippen molar-refractivity contribution in [3.63, 3.8) is 0 Å². The lowest BCUT2D eigenvalue weighted by Gasteiger charge is -2.18. The molecule has 0 aliphatic heterocycles. The Labute approximate surface area is 90.7 Å². The number of nitrogens with one attached hydrogen (secondary N) is 2. The first kappa shape index (κ1) is 9.96. The number of fused-ring (bicyclic) bond motifs is 1. The van der Waals surface area contributed by atoms with Crippen molar-refractivity contribution in [1.82, 2.24) is 15.0 Å². The second-order valence-corrected chi connectivity index (χ2v) is 4.41. The van der Waals surface area contributed by atoms with Crippen LogP contribution in [0.3, 0.4) is 0 Å². The summed E-state index contributed by atoms with van der Waals surface area (Å²) in [6.45, 7) is 6.38. The Bertz CT molecular complexity index is 545. The molecule has 0 saturated heterocycles. The molecule has 0 aliphatic carbocycles. The zero-order chi connectivity index (χ0) is 11.1. The predicted molar refractivity (Wildman–Crippen MR) is 64.3 cm³/mol. The largest absolute Gasteiger partial charge is 0.340 e. The van der Waals surface area contributed by atoms with E-state index in [0.29, 0.717) is 5.65 Å². The molecule has 0 radical (unpaired) electrons. The van der Waals surface area contributed by atoms with Crippen LogP contribution in [-0.2, 0) is 5.41 Å². The van der Waals surface area contributed by atoms with Crippen LogP contribution in [0.15, 0.2) is 16.9 Å². The number of rotatable bonds is 2. The van der Waals surface area contributed by atoms with Gasteiger partial charge in [-0.15, -0.1) is 0 Å². The molecule has 0 fully saturated rings. The van der Waals surface area contributed by atoms with Gasteiger partial charge in [-0.2, -0.15) is 0 Å². The fourth-order valence-corrected chi connectivity index (χ4v) is 1.41. The molecule has 0 aromatic carbocycles. The summed E-state index contributed by atoms with van der Waals surface area (Å²) in [5.74, 6) is 0.918. The van der Waals surface area contributed by atoms with Crippen molar-refractivity contribution in [2.24, 2.45) is 0 Å². The Morgan fingerprint density at radius 3 is 2.80 bits per heavy atom. The minimum atomic E-state index is -0.116. The first-order chi connectivity index (χ1) is 7.03. The normalized spacial score (nSPS) is 12.2. The summed E-state index contributed by atoms with van der Waals surface area (Å²) in [5.41, 5.74) is 1.41. The van der Waals surface area contributed by atoms with Gasteiger partial charge in [-0.3, -0.25) is 4.79 Å². The second-order valence-electron chi connectivity index (χ2n) is 4.41. The van der Waals surface area contributed by atoms with Gasteiger partial charge in [0.15, 0.2) is 5.65 Å². The van der Waals surface area contributed by atoms with Crippen molar-refractivity contribution in [3.8, 4) is 0 Å². The van der Waals surface area contributed by atoms with E-state index in [1.165, 1.54) is 6.07 Å². The molecular formula is C11H19N3O. The summed E-state index contributed by atoms with van der Waals surface area (Å²) in [6, 6.07) is 3.26. The highest BCUT2D eigenvalue weighted by Crippen LogP contribution is 2.25. The maximum absolute atomic E-state index is 11.1. The van der Waals surface area contributed by atoms with E-state index in [1.807, 2.05) is 0 Å². The van der Waals surface area contributed by atoms with Crippen LogP contribution in [0.4, 0.5) is 0 Å². The van der Waals surface area contributed by atoms with Gasteiger partial charge < -0.3 is 9.97 Å². The monoisotopic (exact) mass is 209 g/mol. The molecule has 0 amide bonds. The number of pyridine rings is 1. The first-order valence-electron chi connectivity index (χ1n) is 5.12. The third kappa shape index (κ3) is 1.67. The topological polar surface area (TPSA) is 61.5 Å². The molecule has 2 N–H and O–H groups in total. The summed E-state index contributed by atoms with van der Waals surface area (Å²) in [7, 11) is 0. The van der Waals surface area contributed by atoms with Gasteiger partial charge in [0.1, 0.15) is 5.82 Å². The zero-order valence-corrected chi connectivity index (χ0v) is 9.22. The Morgan fingerprint density at radius 2 is 2.13 bits per heavy atom. The van der Waals surface area contributed by atoms with E-state index < -0.39 is 0 Å². The Balaban J connectivity index is 0.00000128. The van der Waals surface area contributed by atoms with E-state index in [2.05, 4.69) is 35.7 Å². The molecule has 4 nitrogen and oxygen atoms in total. The van der Waals surface area contributed by atoms with Crippen LogP contribution in [0.25, 0.3) is 11.2 Å². The molecule has 2 rings (SSSR count). The van der Waals surface area contributed by atoms with Gasteiger partial charge in [-0.05, 0) is 12.5 Å². The molecule has 2 aromatic heterocycles. The molecule has 0 unspecified atom stereocenters. The maximum atomic E-state index is 11.1. The van der Waals surface area contributed by atoms with Gasteiger partial charge in [-0.1, -0.05) is 20.8 Å². The molecule has 0 bridgehead atoms. The minimum absolute atomic E-state index is 0. The van der Waals surface area contributed by atoms with Crippen LogP contribution < -0.4 is 5.56 Å². The van der Waals surface area contributed by atoms with Crippen LogP contribution in [0.2, 0.25) is 0 Å². The highest BCUT2D eigenvalue weighted by atomic mass is 16.1. The van der Waals surface area contributed by atoms with Crippen molar-refractivity contribution >= 4 is 11.2 Å². The molecule has 15 heavy (non-hydrogen) atoms. The van der Waals surface area contributed by atoms with Gasteiger partial charge in [-0.25, -0.2) is 4.98 Å². The average molecular weight is 209 g/mol. The van der Waals surface area contributed by atoms with Gasteiger partial charge in [0, 0.05) is 14.3 Å². The standard InChI is InChI=1S/C11H15N3O.2H2/c1-4-11(2,3)10-12-7-5-6-8(15)13-9(7)14-10;;/h5-6H,4H2,1-3H3,(H2,12,13,14,15);2*1H. The van der Waals surface area contributed by atoms with Crippen LogP contribution >= 0.6 is 0 Å². The third-order valence-corrected chi connectivity index (χ3v) is 2.90. The van der Waals surface area contributed by atoms with Crippen molar-refractivity contribution in [1.29, 1.82) is 0 Å². The Morgan fingerprint density at radius 1 is 1.40 bits per heavy atom. The molecule has 0 atom stereocenters. The SMILES string of the molecule is CCC(C)(C)c1nc2[nH]c(=O)ccc2[nH]1.[HH].[HH]. The maximum Gasteiger partial charge on any atom is 0.249 e. The minimum Gasteiger partial charge on any atom is -0.340 e. The fraction of sp³-hybridized carbons (Fsp3) is 0.455. The molecule has 0 aliphatic rings. The molecule has 2 heterocycles. The highest BCUT2D eigenvalue weighted by Gasteiger charge is 2.22. The van der Waals surface area contributed by atoms with Gasteiger partial charge in [0.2, 0.25) is 5.56 Å². The highest BCUT2D eigenvalue weighted by molar-refractivity contribution is 5.70. The zero-order valence-electron chi connectivity index (χ0n) is 9.22. The number of nitrogens with zero attached hydrogens (tertiary/aromatic N) is 1. The third-order valence-electron chi connectivity index (χ3n) is 2.90. The van der Waals surface area contributed by atoms with Crippen LogP contribution in [0.1, 0.15) is 35.9 Å². The Hall–Kier alpha value is -1.58. The number of aromatic amines is 2. The van der Waals surface area contributed by atoms with Crippen LogP contribution in [0.5, 0.6) is 0 Å². The van der Waals surface area contributed by atoms with Gasteiger partial charge in [0.05, 0.1) is 5.52 Å². The lowest BCUT2D eigenvalue weighted by molar-refractivity contribution is 0.479. The fourth-order valence-electron chi connectivity index (χ4n) is 1.41. The van der Waals surface area contributed by atoms with Gasteiger partial charge >= 0.3 is 0 Å². The van der Waals surface area contributed by atoms with E-state index in [1.54, 1.807) is 6.07 Å². The summed E-state index contributed by atoms with van der Waals surface area (Å²) in [6.07, 6.45) is 0.997.